The zero-order valence-electron chi connectivity index (χ0n) is 19.6. The van der Waals surface area contributed by atoms with E-state index in [9.17, 15) is 9.90 Å². The highest BCUT2D eigenvalue weighted by molar-refractivity contribution is 5.77. The molecule has 0 radical (unpaired) electrons. The Morgan fingerprint density at radius 1 is 1.06 bits per heavy atom. The molecule has 1 amide bonds. The Morgan fingerprint density at radius 3 is 2.45 bits per heavy atom. The number of anilines is 1. The minimum atomic E-state index is -0.557. The molecule has 4 rings (SSSR count). The van der Waals surface area contributed by atoms with Gasteiger partial charge in [-0.2, -0.15) is 0 Å². The van der Waals surface area contributed by atoms with Crippen LogP contribution in [0.25, 0.3) is 0 Å². The van der Waals surface area contributed by atoms with Crippen molar-refractivity contribution in [3.05, 3.63) is 29.8 Å². The topological polar surface area (TPSA) is 48.2 Å². The van der Waals surface area contributed by atoms with Gasteiger partial charge in [0.15, 0.2) is 6.54 Å². The van der Waals surface area contributed by atoms with E-state index in [-0.39, 0.29) is 12.0 Å². The molecule has 1 unspecified atom stereocenters. The van der Waals surface area contributed by atoms with E-state index in [2.05, 4.69) is 47.9 Å². The number of amides is 1. The van der Waals surface area contributed by atoms with E-state index < -0.39 is 5.60 Å². The Labute approximate surface area is 188 Å². The molecular weight excluding hydrogens is 386 g/mol. The summed E-state index contributed by atoms with van der Waals surface area (Å²) >= 11 is 0. The van der Waals surface area contributed by atoms with Gasteiger partial charge in [0.05, 0.1) is 12.1 Å². The third-order valence-electron chi connectivity index (χ3n) is 8.25. The van der Waals surface area contributed by atoms with Crippen molar-refractivity contribution in [2.75, 3.05) is 44.2 Å². The average Bonchev–Trinajstić information content (AvgIpc) is 2.81. The normalized spacial score (nSPS) is 31.2. The number of piperidine rings is 2. The van der Waals surface area contributed by atoms with Gasteiger partial charge >= 0.3 is 0 Å². The summed E-state index contributed by atoms with van der Waals surface area (Å²) < 4.78 is 0. The lowest BCUT2D eigenvalue weighted by Gasteiger charge is -2.50. The second kappa shape index (κ2) is 9.91. The zero-order chi connectivity index (χ0) is 21.8. The fourth-order valence-corrected chi connectivity index (χ4v) is 6.45. The van der Waals surface area contributed by atoms with Crippen molar-refractivity contribution >= 4 is 11.6 Å². The molecule has 3 aliphatic rings. The number of hydrogen-bond acceptors (Lipinski definition) is 3. The molecule has 1 aromatic carbocycles. The molecule has 31 heavy (non-hydrogen) atoms. The van der Waals surface area contributed by atoms with Gasteiger partial charge < -0.3 is 19.8 Å². The van der Waals surface area contributed by atoms with Gasteiger partial charge in [-0.05, 0) is 58.1 Å². The van der Waals surface area contributed by atoms with Crippen molar-refractivity contribution in [3.63, 3.8) is 0 Å². The van der Waals surface area contributed by atoms with Crippen LogP contribution in [0.15, 0.2) is 24.3 Å². The predicted octanol–water partition coefficient (Wildman–Crippen LogP) is 2.80. The summed E-state index contributed by atoms with van der Waals surface area (Å²) in [7, 11) is 0. The molecule has 0 aromatic heterocycles. The zero-order valence-corrected chi connectivity index (χ0v) is 19.6. The SMILES string of the molecule is CCN(CC)c1ccc([C@H]2[C@@H]3CCCC[C@]3(O)CC[NH+]2CC(=O)N2CCCCC2)cc1. The van der Waals surface area contributed by atoms with Crippen molar-refractivity contribution in [2.24, 2.45) is 5.92 Å². The molecule has 2 heterocycles. The van der Waals surface area contributed by atoms with Crippen LogP contribution in [0.1, 0.15) is 76.8 Å². The molecular formula is C26H42N3O2+. The highest BCUT2D eigenvalue weighted by Crippen LogP contribution is 2.44. The number of hydrogen-bond donors (Lipinski definition) is 2. The smallest absolute Gasteiger partial charge is 0.277 e. The maximum absolute atomic E-state index is 13.1. The standard InChI is InChI=1S/C26H41N3O2/c1-3-27(4-2)22-13-11-21(12-14-22)25-23-10-6-7-15-26(23,31)16-19-29(25)20-24(30)28-17-8-5-9-18-28/h11-14,23,25,31H,3-10,15-20H2,1-2H3/p+1/t23-,25-,26-/m0/s1. The largest absolute Gasteiger partial charge is 0.389 e. The summed E-state index contributed by atoms with van der Waals surface area (Å²) in [6.07, 6.45) is 8.65. The number of quaternary nitrogens is 1. The molecule has 0 bridgehead atoms. The Morgan fingerprint density at radius 2 is 1.77 bits per heavy atom. The lowest BCUT2D eigenvalue weighted by atomic mass is 9.66. The van der Waals surface area contributed by atoms with E-state index in [1.807, 2.05) is 0 Å². The van der Waals surface area contributed by atoms with E-state index in [4.69, 9.17) is 0 Å². The molecule has 1 aliphatic carbocycles. The molecule has 4 atom stereocenters. The monoisotopic (exact) mass is 428 g/mol. The first kappa shape index (κ1) is 22.6. The first-order chi connectivity index (χ1) is 15.1. The molecule has 5 nitrogen and oxygen atoms in total. The number of carbonyl (C=O) groups is 1. The van der Waals surface area contributed by atoms with Crippen molar-refractivity contribution < 1.29 is 14.8 Å². The minimum Gasteiger partial charge on any atom is -0.389 e. The number of rotatable bonds is 6. The number of aliphatic hydroxyl groups is 1. The van der Waals surface area contributed by atoms with Gasteiger partial charge in [-0.25, -0.2) is 0 Å². The van der Waals surface area contributed by atoms with E-state index in [0.717, 1.165) is 71.2 Å². The number of nitrogens with one attached hydrogen (secondary N) is 1. The maximum atomic E-state index is 13.1. The van der Waals surface area contributed by atoms with Crippen LogP contribution in [0, 0.1) is 5.92 Å². The third-order valence-corrected chi connectivity index (χ3v) is 8.25. The molecule has 2 aliphatic heterocycles. The highest BCUT2D eigenvalue weighted by atomic mass is 16.3. The average molecular weight is 429 g/mol. The molecule has 3 fully saturated rings. The van der Waals surface area contributed by atoms with Gasteiger partial charge in [0.25, 0.3) is 5.91 Å². The van der Waals surface area contributed by atoms with Gasteiger partial charge in [-0.1, -0.05) is 25.0 Å². The summed E-state index contributed by atoms with van der Waals surface area (Å²) in [6, 6.07) is 9.22. The van der Waals surface area contributed by atoms with Gasteiger partial charge in [0, 0.05) is 49.8 Å². The lowest BCUT2D eigenvalue weighted by Crippen LogP contribution is -3.16. The number of benzene rings is 1. The second-order valence-electron chi connectivity index (χ2n) is 9.97. The van der Waals surface area contributed by atoms with E-state index in [0.29, 0.717) is 12.5 Å². The first-order valence-corrected chi connectivity index (χ1v) is 12.8. The van der Waals surface area contributed by atoms with Crippen LogP contribution in [0.4, 0.5) is 5.69 Å². The minimum absolute atomic E-state index is 0.207. The number of fused-ring (bicyclic) bond motifs is 1. The van der Waals surface area contributed by atoms with Crippen LogP contribution in [-0.2, 0) is 4.79 Å². The van der Waals surface area contributed by atoms with Crippen molar-refractivity contribution in [2.45, 2.75) is 76.9 Å². The fourth-order valence-electron chi connectivity index (χ4n) is 6.45. The molecule has 5 heteroatoms. The lowest BCUT2D eigenvalue weighted by molar-refractivity contribution is -0.938. The van der Waals surface area contributed by atoms with Gasteiger partial charge in [0.1, 0.15) is 6.04 Å². The molecule has 1 saturated carbocycles. The third kappa shape index (κ3) is 4.78. The molecule has 0 spiro atoms. The summed E-state index contributed by atoms with van der Waals surface area (Å²) in [5.41, 5.74) is 2.00. The molecule has 1 aromatic rings. The van der Waals surface area contributed by atoms with Crippen molar-refractivity contribution in [1.29, 1.82) is 0 Å². The molecule has 172 valence electrons. The number of carbonyl (C=O) groups excluding carboxylic acids is 1. The van der Waals surface area contributed by atoms with Gasteiger partial charge in [-0.15, -0.1) is 0 Å². The Bertz CT molecular complexity index is 727. The van der Waals surface area contributed by atoms with Crippen molar-refractivity contribution in [3.8, 4) is 0 Å². The first-order valence-electron chi connectivity index (χ1n) is 12.8. The van der Waals surface area contributed by atoms with Crippen LogP contribution in [0.5, 0.6) is 0 Å². The summed E-state index contributed by atoms with van der Waals surface area (Å²) in [4.78, 5) is 19.0. The Hall–Kier alpha value is -1.59. The predicted molar refractivity (Wildman–Crippen MR) is 125 cm³/mol. The Balaban J connectivity index is 1.58. The summed E-state index contributed by atoms with van der Waals surface area (Å²) in [6.45, 7) is 9.68. The fraction of sp³-hybridized carbons (Fsp3) is 0.731. The molecule has 2 N–H and O–H groups in total. The molecule has 2 saturated heterocycles. The number of nitrogens with zero attached hydrogens (tertiary/aromatic N) is 2. The highest BCUT2D eigenvalue weighted by Gasteiger charge is 2.52. The Kier molecular flexibility index (Phi) is 7.22. The second-order valence-corrected chi connectivity index (χ2v) is 9.97. The number of likely N-dealkylation sites (tertiary alicyclic amines) is 2. The maximum Gasteiger partial charge on any atom is 0.277 e. The van der Waals surface area contributed by atoms with E-state index >= 15 is 0 Å². The van der Waals surface area contributed by atoms with E-state index in [1.54, 1.807) is 0 Å². The van der Waals surface area contributed by atoms with Crippen LogP contribution in [-0.4, -0.2) is 60.8 Å². The quantitative estimate of drug-likeness (QED) is 0.733. The van der Waals surface area contributed by atoms with Crippen LogP contribution in [0.3, 0.4) is 0 Å². The summed E-state index contributed by atoms with van der Waals surface area (Å²) in [5.74, 6) is 0.555. The van der Waals surface area contributed by atoms with Crippen LogP contribution >= 0.6 is 0 Å². The van der Waals surface area contributed by atoms with E-state index in [1.165, 1.54) is 29.0 Å². The van der Waals surface area contributed by atoms with Gasteiger partial charge in [-0.3, -0.25) is 4.79 Å². The van der Waals surface area contributed by atoms with Crippen LogP contribution < -0.4 is 9.80 Å². The van der Waals surface area contributed by atoms with Gasteiger partial charge in [0.2, 0.25) is 0 Å². The van der Waals surface area contributed by atoms with Crippen molar-refractivity contribution in [1.82, 2.24) is 4.90 Å². The van der Waals surface area contributed by atoms with Crippen LogP contribution in [0.2, 0.25) is 0 Å². The summed E-state index contributed by atoms with van der Waals surface area (Å²) in [5, 5.41) is 11.5.